The van der Waals surface area contributed by atoms with Crippen LogP contribution in [0.4, 0.5) is 0 Å². The monoisotopic (exact) mass is 229 g/mol. The third-order valence-corrected chi connectivity index (χ3v) is 2.88. The molecule has 0 saturated carbocycles. The van der Waals surface area contributed by atoms with Crippen molar-refractivity contribution in [3.63, 3.8) is 0 Å². The molecule has 0 atom stereocenters. The van der Waals surface area contributed by atoms with E-state index in [2.05, 4.69) is 16.3 Å². The number of H-pyrrole nitrogens is 1. The van der Waals surface area contributed by atoms with Crippen LogP contribution in [-0.2, 0) is 16.0 Å². The molecular formula is C14H15NO2. The number of esters is 1. The van der Waals surface area contributed by atoms with Gasteiger partial charge in [0.05, 0.1) is 12.6 Å². The second-order valence-electron chi connectivity index (χ2n) is 3.86. The Balaban J connectivity index is 2.30. The van der Waals surface area contributed by atoms with Gasteiger partial charge < -0.3 is 9.72 Å². The summed E-state index contributed by atoms with van der Waals surface area (Å²) in [4.78, 5) is 14.3. The molecular weight excluding hydrogens is 214 g/mol. The van der Waals surface area contributed by atoms with Crippen LogP contribution in [0.5, 0.6) is 0 Å². The first-order valence-electron chi connectivity index (χ1n) is 5.54. The maximum absolute atomic E-state index is 11.1. The third-order valence-electron chi connectivity index (χ3n) is 2.88. The molecule has 0 aliphatic carbocycles. The summed E-state index contributed by atoms with van der Waals surface area (Å²) in [6.07, 6.45) is 4.86. The number of hydrogen-bond donors (Lipinski definition) is 1. The Labute approximate surface area is 100 Å². The Bertz CT molecular complexity index is 554. The van der Waals surface area contributed by atoms with Crippen LogP contribution in [-0.4, -0.2) is 18.1 Å². The van der Waals surface area contributed by atoms with Gasteiger partial charge in [0.15, 0.2) is 0 Å². The number of aromatic amines is 1. The zero-order valence-electron chi connectivity index (χ0n) is 9.82. The van der Waals surface area contributed by atoms with Crippen LogP contribution in [0.1, 0.15) is 17.5 Å². The summed E-state index contributed by atoms with van der Waals surface area (Å²) in [5.74, 6) is -0.181. The minimum atomic E-state index is -0.181. The Morgan fingerprint density at radius 1 is 1.53 bits per heavy atom. The topological polar surface area (TPSA) is 42.1 Å². The fourth-order valence-electron chi connectivity index (χ4n) is 1.95. The quantitative estimate of drug-likeness (QED) is 0.819. The van der Waals surface area contributed by atoms with Gasteiger partial charge in [-0.3, -0.25) is 4.79 Å². The van der Waals surface area contributed by atoms with Crippen molar-refractivity contribution in [1.82, 2.24) is 4.98 Å². The molecule has 1 N–H and O–H groups in total. The summed E-state index contributed by atoms with van der Waals surface area (Å²) in [5, 5.41) is 1.14. The van der Waals surface area contributed by atoms with Crippen molar-refractivity contribution in [2.75, 3.05) is 7.11 Å². The average molecular weight is 229 g/mol. The van der Waals surface area contributed by atoms with Gasteiger partial charge in [-0.2, -0.15) is 0 Å². The van der Waals surface area contributed by atoms with E-state index in [1.165, 1.54) is 7.11 Å². The van der Waals surface area contributed by atoms with Gasteiger partial charge in [0.25, 0.3) is 0 Å². The van der Waals surface area contributed by atoms with Crippen LogP contribution >= 0.6 is 0 Å². The second-order valence-corrected chi connectivity index (χ2v) is 3.86. The van der Waals surface area contributed by atoms with Crippen LogP contribution in [0.2, 0.25) is 0 Å². The second kappa shape index (κ2) is 4.87. The summed E-state index contributed by atoms with van der Waals surface area (Å²) in [6.45, 7) is 3.78. The first-order valence-corrected chi connectivity index (χ1v) is 5.54. The first kappa shape index (κ1) is 11.5. The van der Waals surface area contributed by atoms with E-state index in [1.54, 1.807) is 0 Å². The van der Waals surface area contributed by atoms with Crippen molar-refractivity contribution in [3.05, 3.63) is 42.1 Å². The van der Waals surface area contributed by atoms with Crippen molar-refractivity contribution in [2.24, 2.45) is 0 Å². The lowest BCUT2D eigenvalue weighted by atomic mass is 10.1. The van der Waals surface area contributed by atoms with Crippen molar-refractivity contribution >= 4 is 22.9 Å². The van der Waals surface area contributed by atoms with Crippen molar-refractivity contribution in [3.8, 4) is 0 Å². The average Bonchev–Trinajstić information content (AvgIpc) is 2.78. The number of rotatable bonds is 4. The van der Waals surface area contributed by atoms with Crippen molar-refractivity contribution < 1.29 is 9.53 Å². The molecule has 2 aromatic rings. The summed E-state index contributed by atoms with van der Waals surface area (Å²) in [5.41, 5.74) is 3.28. The lowest BCUT2D eigenvalue weighted by molar-refractivity contribution is -0.140. The Hall–Kier alpha value is -2.03. The number of fused-ring (bicyclic) bond motifs is 1. The predicted molar refractivity (Wildman–Crippen MR) is 68.7 cm³/mol. The van der Waals surface area contributed by atoms with Crippen LogP contribution < -0.4 is 0 Å². The zero-order chi connectivity index (χ0) is 12.3. The molecule has 88 valence electrons. The highest BCUT2D eigenvalue weighted by atomic mass is 16.5. The number of hydrogen-bond acceptors (Lipinski definition) is 2. The molecule has 3 nitrogen and oxygen atoms in total. The van der Waals surface area contributed by atoms with Crippen LogP contribution in [0.25, 0.3) is 17.0 Å². The molecule has 0 spiro atoms. The normalized spacial score (nSPS) is 10.4. The molecule has 2 rings (SSSR count). The van der Waals surface area contributed by atoms with Gasteiger partial charge in [-0.25, -0.2) is 0 Å². The molecule has 1 aromatic heterocycles. The number of aromatic nitrogens is 1. The van der Waals surface area contributed by atoms with E-state index in [9.17, 15) is 4.79 Å². The van der Waals surface area contributed by atoms with Crippen LogP contribution in [0, 0.1) is 0 Å². The standard InChI is InChI=1S/C14H15NO2/c1-3-10-5-4-6-12-11(9-15-14(10)12)7-8-13(16)17-2/h3-6,9,15H,1,7-8H2,2H3. The molecule has 0 aliphatic rings. The van der Waals surface area contributed by atoms with Gasteiger partial charge in [-0.1, -0.05) is 30.9 Å². The third kappa shape index (κ3) is 2.23. The predicted octanol–water partition coefficient (Wildman–Crippen LogP) is 2.92. The molecule has 1 heterocycles. The van der Waals surface area contributed by atoms with E-state index in [4.69, 9.17) is 0 Å². The highest BCUT2D eigenvalue weighted by Crippen LogP contribution is 2.23. The Morgan fingerprint density at radius 3 is 3.06 bits per heavy atom. The van der Waals surface area contributed by atoms with Gasteiger partial charge in [-0.15, -0.1) is 0 Å². The van der Waals surface area contributed by atoms with E-state index in [0.717, 1.165) is 22.0 Å². The Morgan fingerprint density at radius 2 is 2.35 bits per heavy atom. The number of aryl methyl sites for hydroxylation is 1. The lowest BCUT2D eigenvalue weighted by Gasteiger charge is -2.00. The number of nitrogens with one attached hydrogen (secondary N) is 1. The lowest BCUT2D eigenvalue weighted by Crippen LogP contribution is -2.01. The number of para-hydroxylation sites is 1. The van der Waals surface area contributed by atoms with Crippen LogP contribution in [0.15, 0.2) is 31.0 Å². The van der Waals surface area contributed by atoms with Gasteiger partial charge in [0.1, 0.15) is 0 Å². The van der Waals surface area contributed by atoms with Gasteiger partial charge in [0, 0.05) is 18.0 Å². The maximum Gasteiger partial charge on any atom is 0.305 e. The van der Waals surface area contributed by atoms with Gasteiger partial charge in [-0.05, 0) is 17.5 Å². The molecule has 3 heteroatoms. The Kier molecular flexibility index (Phi) is 3.28. The SMILES string of the molecule is C=Cc1cccc2c(CCC(=O)OC)c[nH]c12. The molecule has 0 radical (unpaired) electrons. The van der Waals surface area contributed by atoms with E-state index in [1.807, 2.05) is 30.5 Å². The molecule has 0 aliphatic heterocycles. The summed E-state index contributed by atoms with van der Waals surface area (Å²) in [7, 11) is 1.41. The van der Waals surface area contributed by atoms with Crippen molar-refractivity contribution in [1.29, 1.82) is 0 Å². The molecule has 0 bridgehead atoms. The molecule has 0 fully saturated rings. The van der Waals surface area contributed by atoms with E-state index >= 15 is 0 Å². The van der Waals surface area contributed by atoms with E-state index in [0.29, 0.717) is 12.8 Å². The molecule has 0 saturated heterocycles. The van der Waals surface area contributed by atoms with E-state index in [-0.39, 0.29) is 5.97 Å². The van der Waals surface area contributed by atoms with Gasteiger partial charge in [0.2, 0.25) is 0 Å². The minimum absolute atomic E-state index is 0.181. The number of benzene rings is 1. The zero-order valence-corrected chi connectivity index (χ0v) is 9.82. The number of ether oxygens (including phenoxy) is 1. The first-order chi connectivity index (χ1) is 8.26. The highest BCUT2D eigenvalue weighted by Gasteiger charge is 2.08. The van der Waals surface area contributed by atoms with E-state index < -0.39 is 0 Å². The maximum atomic E-state index is 11.1. The number of carbonyl (C=O) groups excluding carboxylic acids is 1. The molecule has 17 heavy (non-hydrogen) atoms. The summed E-state index contributed by atoms with van der Waals surface area (Å²) >= 11 is 0. The smallest absolute Gasteiger partial charge is 0.305 e. The van der Waals surface area contributed by atoms with Crippen LogP contribution in [0.3, 0.4) is 0 Å². The number of carbonyl (C=O) groups is 1. The highest BCUT2D eigenvalue weighted by molar-refractivity contribution is 5.90. The molecule has 0 unspecified atom stereocenters. The minimum Gasteiger partial charge on any atom is -0.469 e. The van der Waals surface area contributed by atoms with Crippen molar-refractivity contribution in [2.45, 2.75) is 12.8 Å². The number of methoxy groups -OCH3 is 1. The summed E-state index contributed by atoms with van der Waals surface area (Å²) in [6, 6.07) is 6.05. The fraction of sp³-hybridized carbons (Fsp3) is 0.214. The molecule has 0 amide bonds. The van der Waals surface area contributed by atoms with Gasteiger partial charge >= 0.3 is 5.97 Å². The largest absolute Gasteiger partial charge is 0.469 e. The summed E-state index contributed by atoms with van der Waals surface area (Å²) < 4.78 is 4.64. The fourth-order valence-corrected chi connectivity index (χ4v) is 1.95. The molecule has 1 aromatic carbocycles.